The van der Waals surface area contributed by atoms with Crippen molar-refractivity contribution in [2.24, 2.45) is 0 Å². The fraction of sp³-hybridized carbons (Fsp3) is 0.400. The second kappa shape index (κ2) is 5.86. The summed E-state index contributed by atoms with van der Waals surface area (Å²) in [7, 11) is 0. The molecule has 0 unspecified atom stereocenters. The number of aromatic amines is 1. The number of hydrogen-bond acceptors (Lipinski definition) is 4. The summed E-state index contributed by atoms with van der Waals surface area (Å²) in [6, 6.07) is 7.98. The average Bonchev–Trinajstić information content (AvgIpc) is 2.82. The Hall–Kier alpha value is -2.17. The Balaban J connectivity index is 1.83. The first-order valence-electron chi connectivity index (χ1n) is 7.06. The molecule has 0 bridgehead atoms. The molecule has 0 saturated heterocycles. The van der Waals surface area contributed by atoms with E-state index in [-0.39, 0.29) is 0 Å². The highest BCUT2D eigenvalue weighted by atomic mass is 16.5. The molecular weight excluding hydrogens is 254 g/mol. The minimum absolute atomic E-state index is 0.697. The first-order chi connectivity index (χ1) is 9.86. The summed E-state index contributed by atoms with van der Waals surface area (Å²) < 4.78 is 11.3. The average molecular weight is 273 g/mol. The number of aromatic nitrogens is 2. The predicted octanol–water partition coefficient (Wildman–Crippen LogP) is 3.06. The minimum atomic E-state index is 0.697. The largest absolute Gasteiger partial charge is 0.490 e. The topological polar surface area (TPSA) is 59.2 Å². The van der Waals surface area contributed by atoms with Gasteiger partial charge in [-0.1, -0.05) is 6.92 Å². The second-order valence-corrected chi connectivity index (χ2v) is 4.81. The SMILES string of the molecule is CCCNc1cc(-c2ccc3c(c2)OCCCO3)[nH]n1. The Morgan fingerprint density at radius 2 is 2.05 bits per heavy atom. The molecule has 2 heterocycles. The van der Waals surface area contributed by atoms with Gasteiger partial charge in [-0.3, -0.25) is 5.10 Å². The maximum Gasteiger partial charge on any atom is 0.161 e. The molecule has 1 aliphatic heterocycles. The number of rotatable bonds is 4. The monoisotopic (exact) mass is 273 g/mol. The fourth-order valence-electron chi connectivity index (χ4n) is 2.14. The zero-order chi connectivity index (χ0) is 13.8. The van der Waals surface area contributed by atoms with Crippen LogP contribution in [0.5, 0.6) is 11.5 Å². The van der Waals surface area contributed by atoms with Crippen molar-refractivity contribution >= 4 is 5.82 Å². The van der Waals surface area contributed by atoms with Gasteiger partial charge in [0.2, 0.25) is 0 Å². The van der Waals surface area contributed by atoms with Crippen LogP contribution in [0.1, 0.15) is 19.8 Å². The van der Waals surface area contributed by atoms with Crippen molar-refractivity contribution in [2.45, 2.75) is 19.8 Å². The third kappa shape index (κ3) is 2.71. The van der Waals surface area contributed by atoms with Gasteiger partial charge in [-0.15, -0.1) is 0 Å². The van der Waals surface area contributed by atoms with Crippen molar-refractivity contribution < 1.29 is 9.47 Å². The molecule has 0 radical (unpaired) electrons. The van der Waals surface area contributed by atoms with Crippen molar-refractivity contribution in [2.75, 3.05) is 25.1 Å². The Bertz CT molecular complexity index is 580. The lowest BCUT2D eigenvalue weighted by atomic mass is 10.1. The van der Waals surface area contributed by atoms with Crippen molar-refractivity contribution in [3.63, 3.8) is 0 Å². The number of nitrogens with zero attached hydrogens (tertiary/aromatic N) is 1. The van der Waals surface area contributed by atoms with Crippen LogP contribution in [0.15, 0.2) is 24.3 Å². The van der Waals surface area contributed by atoms with Gasteiger partial charge in [0.15, 0.2) is 11.5 Å². The van der Waals surface area contributed by atoms with E-state index in [1.165, 1.54) is 0 Å². The molecule has 0 amide bonds. The Labute approximate surface area is 118 Å². The van der Waals surface area contributed by atoms with Crippen molar-refractivity contribution in [3.8, 4) is 22.8 Å². The van der Waals surface area contributed by atoms with Gasteiger partial charge < -0.3 is 14.8 Å². The van der Waals surface area contributed by atoms with Crippen molar-refractivity contribution in [1.82, 2.24) is 10.2 Å². The number of hydrogen-bond donors (Lipinski definition) is 2. The highest BCUT2D eigenvalue weighted by molar-refractivity contribution is 5.66. The quantitative estimate of drug-likeness (QED) is 0.899. The maximum atomic E-state index is 5.71. The molecule has 2 aromatic rings. The molecule has 5 nitrogen and oxygen atoms in total. The van der Waals surface area contributed by atoms with Gasteiger partial charge in [-0.25, -0.2) is 0 Å². The van der Waals surface area contributed by atoms with Crippen LogP contribution in [0.2, 0.25) is 0 Å². The number of H-pyrrole nitrogens is 1. The van der Waals surface area contributed by atoms with Crippen molar-refractivity contribution in [3.05, 3.63) is 24.3 Å². The Morgan fingerprint density at radius 3 is 2.90 bits per heavy atom. The zero-order valence-corrected chi connectivity index (χ0v) is 11.6. The van der Waals surface area contributed by atoms with Crippen LogP contribution in [-0.4, -0.2) is 30.0 Å². The fourth-order valence-corrected chi connectivity index (χ4v) is 2.14. The van der Waals surface area contributed by atoms with Gasteiger partial charge in [0.1, 0.15) is 5.82 Å². The molecule has 5 heteroatoms. The van der Waals surface area contributed by atoms with Crippen LogP contribution in [0.25, 0.3) is 11.3 Å². The first-order valence-corrected chi connectivity index (χ1v) is 7.06. The Kier molecular flexibility index (Phi) is 3.76. The van der Waals surface area contributed by atoms with E-state index >= 15 is 0 Å². The summed E-state index contributed by atoms with van der Waals surface area (Å²) in [6.07, 6.45) is 1.99. The van der Waals surface area contributed by atoms with Crippen LogP contribution >= 0.6 is 0 Å². The van der Waals surface area contributed by atoms with Gasteiger partial charge in [0.25, 0.3) is 0 Å². The third-order valence-corrected chi connectivity index (χ3v) is 3.19. The summed E-state index contributed by atoms with van der Waals surface area (Å²) in [4.78, 5) is 0. The van der Waals surface area contributed by atoms with Gasteiger partial charge >= 0.3 is 0 Å². The normalized spacial score (nSPS) is 13.8. The van der Waals surface area contributed by atoms with Crippen LogP contribution in [0.4, 0.5) is 5.82 Å². The van der Waals surface area contributed by atoms with E-state index in [0.717, 1.165) is 48.0 Å². The molecule has 1 aromatic heterocycles. The van der Waals surface area contributed by atoms with Crippen molar-refractivity contribution in [1.29, 1.82) is 0 Å². The standard InChI is InChI=1S/C15H19N3O2/c1-2-6-16-15-10-12(17-18-15)11-4-5-13-14(9-11)20-8-3-7-19-13/h4-5,9-10H,2-3,6-8H2,1H3,(H2,16,17,18). The lowest BCUT2D eigenvalue weighted by Gasteiger charge is -2.08. The summed E-state index contributed by atoms with van der Waals surface area (Å²) in [5.41, 5.74) is 2.02. The molecule has 0 spiro atoms. The number of fused-ring (bicyclic) bond motifs is 1. The molecular formula is C15H19N3O2. The number of benzene rings is 1. The lowest BCUT2D eigenvalue weighted by molar-refractivity contribution is 0.297. The van der Waals surface area contributed by atoms with E-state index < -0.39 is 0 Å². The number of nitrogens with one attached hydrogen (secondary N) is 2. The molecule has 106 valence electrons. The van der Waals surface area contributed by atoms with Gasteiger partial charge in [-0.05, 0) is 24.6 Å². The smallest absolute Gasteiger partial charge is 0.161 e. The molecule has 20 heavy (non-hydrogen) atoms. The summed E-state index contributed by atoms with van der Waals surface area (Å²) in [6.45, 7) is 4.46. The summed E-state index contributed by atoms with van der Waals surface area (Å²) in [5.74, 6) is 2.49. The maximum absolute atomic E-state index is 5.71. The van der Waals surface area contributed by atoms with E-state index in [2.05, 4.69) is 22.4 Å². The highest BCUT2D eigenvalue weighted by Gasteiger charge is 2.12. The van der Waals surface area contributed by atoms with E-state index in [1.54, 1.807) is 0 Å². The zero-order valence-electron chi connectivity index (χ0n) is 11.6. The van der Waals surface area contributed by atoms with Gasteiger partial charge in [-0.2, -0.15) is 5.10 Å². The van der Waals surface area contributed by atoms with E-state index in [4.69, 9.17) is 9.47 Å². The summed E-state index contributed by atoms with van der Waals surface area (Å²) in [5, 5.41) is 10.6. The van der Waals surface area contributed by atoms with Gasteiger partial charge in [0.05, 0.1) is 18.9 Å². The molecule has 0 fully saturated rings. The molecule has 0 atom stereocenters. The third-order valence-electron chi connectivity index (χ3n) is 3.19. The highest BCUT2D eigenvalue weighted by Crippen LogP contribution is 2.34. The molecule has 1 aliphatic rings. The summed E-state index contributed by atoms with van der Waals surface area (Å²) >= 11 is 0. The van der Waals surface area contributed by atoms with Gasteiger partial charge in [0, 0.05) is 24.6 Å². The lowest BCUT2D eigenvalue weighted by Crippen LogP contribution is -1.99. The second-order valence-electron chi connectivity index (χ2n) is 4.81. The van der Waals surface area contributed by atoms with Crippen LogP contribution in [0.3, 0.4) is 0 Å². The molecule has 0 aliphatic carbocycles. The van der Waals surface area contributed by atoms with E-state index in [9.17, 15) is 0 Å². The van der Waals surface area contributed by atoms with Crippen LogP contribution in [0, 0.1) is 0 Å². The number of anilines is 1. The first kappa shape index (κ1) is 12.8. The predicted molar refractivity (Wildman–Crippen MR) is 78.4 cm³/mol. The van der Waals surface area contributed by atoms with Crippen LogP contribution in [-0.2, 0) is 0 Å². The minimum Gasteiger partial charge on any atom is -0.490 e. The molecule has 1 aromatic carbocycles. The van der Waals surface area contributed by atoms with E-state index in [0.29, 0.717) is 13.2 Å². The Morgan fingerprint density at radius 1 is 1.20 bits per heavy atom. The molecule has 2 N–H and O–H groups in total. The van der Waals surface area contributed by atoms with Crippen LogP contribution < -0.4 is 14.8 Å². The molecule has 0 saturated carbocycles. The van der Waals surface area contributed by atoms with E-state index in [1.807, 2.05) is 24.3 Å². The molecule has 3 rings (SSSR count). The number of ether oxygens (including phenoxy) is 2.